The van der Waals surface area contributed by atoms with Crippen LogP contribution >= 0.6 is 24.8 Å². The van der Waals surface area contributed by atoms with Crippen LogP contribution in [0.25, 0.3) is 10.9 Å². The molecular weight excluding hydrogens is 435 g/mol. The van der Waals surface area contributed by atoms with E-state index >= 15 is 0 Å². The molecule has 0 saturated heterocycles. The molecule has 31 heavy (non-hydrogen) atoms. The number of fused-ring (bicyclic) bond motifs is 2. The topological polar surface area (TPSA) is 64.5 Å². The van der Waals surface area contributed by atoms with Crippen LogP contribution in [0.5, 0.6) is 17.4 Å². The van der Waals surface area contributed by atoms with E-state index in [1.807, 2.05) is 72.9 Å². The van der Waals surface area contributed by atoms with Gasteiger partial charge in [0.15, 0.2) is 0 Å². The molecule has 3 heterocycles. The lowest BCUT2D eigenvalue weighted by atomic mass is 9.88. The third kappa shape index (κ3) is 4.90. The molecule has 0 aliphatic carbocycles. The van der Waals surface area contributed by atoms with Gasteiger partial charge in [0.1, 0.15) is 11.5 Å². The van der Waals surface area contributed by atoms with Crippen molar-refractivity contribution in [1.82, 2.24) is 9.97 Å². The SMILES string of the molecule is Cl.Cl.OC1c2cc(Oc3ccc4ccccc4n3)ccc2OCC1Cc1cccnc1. The number of halogens is 2. The highest BCUT2D eigenvalue weighted by atomic mass is 35.5. The van der Waals surface area contributed by atoms with Crippen LogP contribution in [0.1, 0.15) is 17.2 Å². The Bertz CT molecular complexity index is 1160. The molecule has 0 amide bonds. The van der Waals surface area contributed by atoms with Crippen molar-refractivity contribution in [3.63, 3.8) is 0 Å². The lowest BCUT2D eigenvalue weighted by Crippen LogP contribution is -2.27. The number of rotatable bonds is 4. The number of aliphatic hydroxyl groups is 1. The van der Waals surface area contributed by atoms with Gasteiger partial charge >= 0.3 is 0 Å². The molecule has 2 atom stereocenters. The maximum atomic E-state index is 10.9. The van der Waals surface area contributed by atoms with E-state index in [0.29, 0.717) is 30.4 Å². The molecule has 4 aromatic rings. The Kier molecular flexibility index (Phi) is 7.33. The number of aliphatic hydroxyl groups excluding tert-OH is 1. The highest BCUT2D eigenvalue weighted by Gasteiger charge is 2.30. The van der Waals surface area contributed by atoms with Crippen LogP contribution in [0, 0.1) is 5.92 Å². The fourth-order valence-electron chi connectivity index (χ4n) is 3.71. The Labute approximate surface area is 192 Å². The third-order valence-electron chi connectivity index (χ3n) is 5.22. The summed E-state index contributed by atoms with van der Waals surface area (Å²) in [6.45, 7) is 0.468. The van der Waals surface area contributed by atoms with E-state index in [-0.39, 0.29) is 30.7 Å². The maximum Gasteiger partial charge on any atom is 0.219 e. The summed E-state index contributed by atoms with van der Waals surface area (Å²) in [7, 11) is 0. The molecule has 2 aromatic carbocycles. The van der Waals surface area contributed by atoms with Gasteiger partial charge in [0.25, 0.3) is 0 Å². The van der Waals surface area contributed by atoms with E-state index < -0.39 is 6.10 Å². The first kappa shape index (κ1) is 22.8. The molecular formula is C24H22Cl2N2O3. The second-order valence-electron chi connectivity index (χ2n) is 7.23. The molecule has 1 N–H and O–H groups in total. The van der Waals surface area contributed by atoms with Crippen LogP contribution in [-0.2, 0) is 6.42 Å². The van der Waals surface area contributed by atoms with Gasteiger partial charge in [0, 0.05) is 35.3 Å². The fraction of sp³-hybridized carbons (Fsp3) is 0.167. The zero-order chi connectivity index (χ0) is 19.6. The molecule has 2 unspecified atom stereocenters. The summed E-state index contributed by atoms with van der Waals surface area (Å²) in [6, 6.07) is 21.2. The van der Waals surface area contributed by atoms with Gasteiger partial charge in [0.2, 0.25) is 5.88 Å². The molecule has 0 saturated carbocycles. The molecule has 2 aromatic heterocycles. The first-order valence-electron chi connectivity index (χ1n) is 9.64. The normalized spacial score (nSPS) is 16.9. The number of hydrogen-bond acceptors (Lipinski definition) is 5. The van der Waals surface area contributed by atoms with Crippen molar-refractivity contribution in [2.24, 2.45) is 5.92 Å². The molecule has 0 radical (unpaired) electrons. The Balaban J connectivity index is 0.00000136. The number of benzene rings is 2. The van der Waals surface area contributed by atoms with Gasteiger partial charge in [-0.1, -0.05) is 24.3 Å². The Morgan fingerprint density at radius 3 is 2.71 bits per heavy atom. The summed E-state index contributed by atoms with van der Waals surface area (Å²) in [6.07, 6.45) is 3.64. The Morgan fingerprint density at radius 2 is 1.87 bits per heavy atom. The Hall–Kier alpha value is -2.86. The average Bonchev–Trinajstić information content (AvgIpc) is 2.77. The number of pyridine rings is 2. The van der Waals surface area contributed by atoms with Gasteiger partial charge in [-0.15, -0.1) is 24.8 Å². The molecule has 0 fully saturated rings. The molecule has 7 heteroatoms. The summed E-state index contributed by atoms with van der Waals surface area (Å²) in [4.78, 5) is 8.70. The minimum Gasteiger partial charge on any atom is -0.493 e. The number of para-hydroxylation sites is 1. The second kappa shape index (κ2) is 9.96. The van der Waals surface area contributed by atoms with Gasteiger partial charge in [-0.3, -0.25) is 4.98 Å². The minimum absolute atomic E-state index is 0. The largest absolute Gasteiger partial charge is 0.493 e. The monoisotopic (exact) mass is 456 g/mol. The van der Waals surface area contributed by atoms with Gasteiger partial charge in [-0.25, -0.2) is 4.98 Å². The summed E-state index contributed by atoms with van der Waals surface area (Å²) in [5.41, 5.74) is 2.70. The molecule has 0 spiro atoms. The highest BCUT2D eigenvalue weighted by Crippen LogP contribution is 2.39. The standard InChI is InChI=1S/C24H20N2O3.2ClH/c27-24-18(12-16-4-3-11-25-14-16)15-28-22-9-8-19(13-20(22)24)29-23-10-7-17-5-1-2-6-21(17)26-23;;/h1-11,13-14,18,24,27H,12,15H2;2*1H. The van der Waals surface area contributed by atoms with Gasteiger partial charge in [-0.05, 0) is 48.4 Å². The summed E-state index contributed by atoms with van der Waals surface area (Å²) < 4.78 is 11.9. The van der Waals surface area contributed by atoms with Gasteiger partial charge in [-0.2, -0.15) is 0 Å². The molecule has 1 aliphatic heterocycles. The summed E-state index contributed by atoms with van der Waals surface area (Å²) >= 11 is 0. The highest BCUT2D eigenvalue weighted by molar-refractivity contribution is 5.85. The van der Waals surface area contributed by atoms with Crippen LogP contribution in [-0.4, -0.2) is 21.7 Å². The van der Waals surface area contributed by atoms with E-state index in [9.17, 15) is 5.11 Å². The van der Waals surface area contributed by atoms with Crippen molar-refractivity contribution >= 4 is 35.7 Å². The molecule has 160 valence electrons. The number of ether oxygens (including phenoxy) is 2. The smallest absolute Gasteiger partial charge is 0.219 e. The van der Waals surface area contributed by atoms with E-state index in [2.05, 4.69) is 9.97 Å². The molecule has 1 aliphatic rings. The lowest BCUT2D eigenvalue weighted by molar-refractivity contribution is 0.0505. The van der Waals surface area contributed by atoms with Crippen molar-refractivity contribution in [3.8, 4) is 17.4 Å². The van der Waals surface area contributed by atoms with E-state index in [0.717, 1.165) is 22.0 Å². The molecule has 5 nitrogen and oxygen atoms in total. The number of nitrogens with zero attached hydrogens (tertiary/aromatic N) is 2. The summed E-state index contributed by atoms with van der Waals surface area (Å²) in [5.74, 6) is 1.79. The first-order chi connectivity index (χ1) is 14.3. The minimum atomic E-state index is -0.632. The lowest BCUT2D eigenvalue weighted by Gasteiger charge is -2.30. The second-order valence-corrected chi connectivity index (χ2v) is 7.23. The van der Waals surface area contributed by atoms with Crippen molar-refractivity contribution in [1.29, 1.82) is 0 Å². The Morgan fingerprint density at radius 1 is 1.00 bits per heavy atom. The van der Waals surface area contributed by atoms with Crippen molar-refractivity contribution in [3.05, 3.63) is 90.3 Å². The fourth-order valence-corrected chi connectivity index (χ4v) is 3.71. The quantitative estimate of drug-likeness (QED) is 0.435. The van der Waals surface area contributed by atoms with Crippen LogP contribution < -0.4 is 9.47 Å². The maximum absolute atomic E-state index is 10.9. The van der Waals surface area contributed by atoms with E-state index in [1.165, 1.54) is 0 Å². The predicted octanol–water partition coefficient (Wildman–Crippen LogP) is 5.55. The van der Waals surface area contributed by atoms with Crippen LogP contribution in [0.2, 0.25) is 0 Å². The van der Waals surface area contributed by atoms with Crippen molar-refractivity contribution in [2.75, 3.05) is 6.61 Å². The van der Waals surface area contributed by atoms with E-state index in [1.54, 1.807) is 6.20 Å². The summed E-state index contributed by atoms with van der Waals surface area (Å²) in [5, 5.41) is 12.0. The van der Waals surface area contributed by atoms with Crippen LogP contribution in [0.15, 0.2) is 79.1 Å². The van der Waals surface area contributed by atoms with Gasteiger partial charge < -0.3 is 14.6 Å². The van der Waals surface area contributed by atoms with E-state index in [4.69, 9.17) is 9.47 Å². The zero-order valence-corrected chi connectivity index (χ0v) is 18.2. The molecule has 0 bridgehead atoms. The third-order valence-corrected chi connectivity index (χ3v) is 5.22. The number of hydrogen-bond donors (Lipinski definition) is 1. The predicted molar refractivity (Wildman–Crippen MR) is 125 cm³/mol. The number of aromatic nitrogens is 2. The van der Waals surface area contributed by atoms with Crippen LogP contribution in [0.4, 0.5) is 0 Å². The molecule has 5 rings (SSSR count). The first-order valence-corrected chi connectivity index (χ1v) is 9.64. The van der Waals surface area contributed by atoms with Crippen LogP contribution in [0.3, 0.4) is 0 Å². The van der Waals surface area contributed by atoms with Gasteiger partial charge in [0.05, 0.1) is 18.2 Å². The van der Waals surface area contributed by atoms with Crippen molar-refractivity contribution in [2.45, 2.75) is 12.5 Å². The van der Waals surface area contributed by atoms with Crippen molar-refractivity contribution < 1.29 is 14.6 Å². The average molecular weight is 457 g/mol. The zero-order valence-electron chi connectivity index (χ0n) is 16.5.